The number of aliphatic hydroxyl groups excluding tert-OH is 1. The Bertz CT molecular complexity index is 2440. The molecule has 3 aromatic heterocycles. The second-order valence-electron chi connectivity index (χ2n) is 15.8. The van der Waals surface area contributed by atoms with E-state index in [1.807, 2.05) is 18.2 Å². The molecule has 0 bridgehead atoms. The molecule has 22 nitrogen and oxygen atoms in total. The number of hydrogen-bond acceptors (Lipinski definition) is 12. The number of fused-ring (bicyclic) bond motifs is 1. The van der Waals surface area contributed by atoms with Gasteiger partial charge >= 0.3 is 5.97 Å². The normalized spacial score (nSPS) is 16.4. The number of imidazole rings is 2. The number of rotatable bonds is 21. The molecular formula is C43H52N12O10. The Labute approximate surface area is 371 Å². The molecule has 13 N–H and O–H groups in total. The highest BCUT2D eigenvalue weighted by atomic mass is 16.4. The van der Waals surface area contributed by atoms with E-state index < -0.39 is 90.3 Å². The van der Waals surface area contributed by atoms with Crippen molar-refractivity contribution in [2.45, 2.75) is 87.8 Å². The first-order chi connectivity index (χ1) is 31.2. The van der Waals surface area contributed by atoms with E-state index in [-0.39, 0.29) is 44.4 Å². The first-order valence-corrected chi connectivity index (χ1v) is 20.9. The van der Waals surface area contributed by atoms with Crippen LogP contribution in [0.25, 0.3) is 10.9 Å². The van der Waals surface area contributed by atoms with Gasteiger partial charge in [-0.3, -0.25) is 28.8 Å². The summed E-state index contributed by atoms with van der Waals surface area (Å²) in [5, 5.41) is 44.2. The number of carboxylic acids is 1. The third-order valence-corrected chi connectivity index (χ3v) is 11.0. The summed E-state index contributed by atoms with van der Waals surface area (Å²) in [6.07, 6.45) is 6.02. The van der Waals surface area contributed by atoms with Crippen molar-refractivity contribution in [2.24, 2.45) is 5.73 Å². The van der Waals surface area contributed by atoms with Gasteiger partial charge in [0.15, 0.2) is 0 Å². The number of phenolic OH excluding ortho intramolecular Hbond substituents is 1. The molecule has 1 fully saturated rings. The molecule has 1 saturated heterocycles. The Hall–Kier alpha value is -7.59. The molecule has 0 aliphatic carbocycles. The summed E-state index contributed by atoms with van der Waals surface area (Å²) >= 11 is 0. The van der Waals surface area contributed by atoms with Crippen molar-refractivity contribution < 1.29 is 48.9 Å². The molecule has 1 aliphatic rings. The van der Waals surface area contributed by atoms with Crippen molar-refractivity contribution >= 4 is 52.3 Å². The molecule has 6 rings (SSSR count). The number of benzene rings is 2. The molecule has 22 heteroatoms. The van der Waals surface area contributed by atoms with Crippen LogP contribution in [0.5, 0.6) is 5.75 Å². The minimum atomic E-state index is -1.43. The fraction of sp³-hybridized carbons (Fsp3) is 0.372. The van der Waals surface area contributed by atoms with E-state index in [4.69, 9.17) is 5.73 Å². The lowest BCUT2D eigenvalue weighted by atomic mass is 10.0. The number of aromatic hydroxyl groups is 1. The zero-order valence-electron chi connectivity index (χ0n) is 35.3. The number of nitrogens with one attached hydrogen (secondary N) is 8. The number of H-pyrrole nitrogens is 3. The van der Waals surface area contributed by atoms with Crippen LogP contribution in [0.15, 0.2) is 79.8 Å². The van der Waals surface area contributed by atoms with Crippen LogP contribution in [0.1, 0.15) is 42.3 Å². The van der Waals surface area contributed by atoms with Gasteiger partial charge in [0.2, 0.25) is 35.4 Å². The molecule has 1 aliphatic heterocycles. The Morgan fingerprint density at radius 3 is 1.94 bits per heavy atom. The summed E-state index contributed by atoms with van der Waals surface area (Å²) < 4.78 is 0. The number of para-hydroxylation sites is 1. The highest BCUT2D eigenvalue weighted by Gasteiger charge is 2.41. The van der Waals surface area contributed by atoms with Crippen LogP contribution in [0.3, 0.4) is 0 Å². The molecule has 0 unspecified atom stereocenters. The van der Waals surface area contributed by atoms with Gasteiger partial charge < -0.3 is 67.5 Å². The molecule has 5 aromatic rings. The van der Waals surface area contributed by atoms with E-state index in [0.29, 0.717) is 28.9 Å². The van der Waals surface area contributed by atoms with Gasteiger partial charge in [-0.25, -0.2) is 14.8 Å². The Morgan fingerprint density at radius 1 is 0.769 bits per heavy atom. The van der Waals surface area contributed by atoms with E-state index in [0.717, 1.165) is 10.9 Å². The second kappa shape index (κ2) is 21.7. The topological polar surface area (TPSA) is 343 Å². The zero-order valence-corrected chi connectivity index (χ0v) is 35.3. The van der Waals surface area contributed by atoms with Gasteiger partial charge in [0.1, 0.15) is 42.0 Å². The average molecular weight is 897 g/mol. The maximum atomic E-state index is 14.6. The summed E-state index contributed by atoms with van der Waals surface area (Å²) in [7, 11) is 0. The molecule has 0 saturated carbocycles. The van der Waals surface area contributed by atoms with Crippen molar-refractivity contribution in [3.05, 3.63) is 102 Å². The van der Waals surface area contributed by atoms with Crippen LogP contribution in [-0.4, -0.2) is 142 Å². The number of nitrogens with two attached hydrogens (primary N) is 1. The van der Waals surface area contributed by atoms with E-state index in [1.165, 1.54) is 61.1 Å². The smallest absolute Gasteiger partial charge is 0.326 e. The number of carbonyl (C=O) groups excluding carboxylic acids is 6. The fourth-order valence-corrected chi connectivity index (χ4v) is 7.64. The number of hydrogen-bond donors (Lipinski definition) is 12. The number of aliphatic carboxylic acids is 1. The predicted octanol–water partition coefficient (Wildman–Crippen LogP) is -1.57. The number of aromatic nitrogens is 5. The van der Waals surface area contributed by atoms with Crippen molar-refractivity contribution in [2.75, 3.05) is 13.1 Å². The number of aliphatic hydroxyl groups is 1. The number of amides is 6. The highest BCUT2D eigenvalue weighted by Crippen LogP contribution is 2.22. The summed E-state index contributed by atoms with van der Waals surface area (Å²) in [5.74, 6) is -6.00. The molecule has 0 spiro atoms. The summed E-state index contributed by atoms with van der Waals surface area (Å²) in [6, 6.07) is 5.06. The summed E-state index contributed by atoms with van der Waals surface area (Å²) in [6.45, 7) is 1.00. The Kier molecular flexibility index (Phi) is 15.6. The number of likely N-dealkylation sites (tertiary alicyclic amines) is 1. The van der Waals surface area contributed by atoms with Gasteiger partial charge in [-0.15, -0.1) is 0 Å². The molecule has 7 atom stereocenters. The Morgan fingerprint density at radius 2 is 1.35 bits per heavy atom. The maximum Gasteiger partial charge on any atom is 0.326 e. The van der Waals surface area contributed by atoms with Crippen LogP contribution in [0.2, 0.25) is 0 Å². The average Bonchev–Trinajstić information content (AvgIpc) is 4.14. The van der Waals surface area contributed by atoms with Crippen molar-refractivity contribution in [1.29, 1.82) is 0 Å². The van der Waals surface area contributed by atoms with E-state index in [9.17, 15) is 48.9 Å². The maximum absolute atomic E-state index is 14.6. The Balaban J connectivity index is 1.28. The largest absolute Gasteiger partial charge is 0.508 e. The van der Waals surface area contributed by atoms with E-state index in [2.05, 4.69) is 51.5 Å². The van der Waals surface area contributed by atoms with Crippen molar-refractivity contribution in [1.82, 2.24) is 56.4 Å². The fourth-order valence-electron chi connectivity index (χ4n) is 7.64. The van der Waals surface area contributed by atoms with Crippen LogP contribution < -0.4 is 32.3 Å². The third kappa shape index (κ3) is 12.3. The zero-order chi connectivity index (χ0) is 46.6. The van der Waals surface area contributed by atoms with Crippen LogP contribution in [0, 0.1) is 0 Å². The second-order valence-corrected chi connectivity index (χ2v) is 15.8. The van der Waals surface area contributed by atoms with Gasteiger partial charge in [-0.1, -0.05) is 30.3 Å². The van der Waals surface area contributed by atoms with Crippen LogP contribution >= 0.6 is 0 Å². The van der Waals surface area contributed by atoms with Gasteiger partial charge in [-0.05, 0) is 49.1 Å². The number of carboxylic acid groups (broad SMARTS) is 1. The number of nitrogens with zero attached hydrogens (tertiary/aromatic N) is 3. The first kappa shape index (κ1) is 46.9. The SMILES string of the molecule is C[C@@H](O)[C@H](NC(=O)CN)C(=O)N1CCC[C@H]1C(=O)N[C@@H](Cc1cnc[nH]1)C(=O)N[C@@H](Cc1c[nH]c2ccccc12)C(=O)N[C@@H](Cc1ccc(O)cc1)C(=O)N[C@@H](Cc1cnc[nH]1)C(=O)O. The molecular weight excluding hydrogens is 845 g/mol. The van der Waals surface area contributed by atoms with Gasteiger partial charge in [0.25, 0.3) is 0 Å². The molecule has 2 aromatic carbocycles. The lowest BCUT2D eigenvalue weighted by Gasteiger charge is -2.31. The predicted molar refractivity (Wildman–Crippen MR) is 231 cm³/mol. The monoisotopic (exact) mass is 896 g/mol. The standard InChI is InChI=1S/C43H52N12O10/c1-23(56)37(54-36(58)17-44)42(63)55-12-4-7-35(55)41(62)52-33(15-26-19-45-21-48-26)40(61)51-32(14-25-18-47-30-6-3-2-5-29(25)30)39(60)50-31(13-24-8-10-28(57)11-9-24)38(59)53-34(43(64)65)16-27-20-46-22-49-27/h2-3,5-6,8-11,18-23,31-35,37,47,56-57H,4,7,12-17,44H2,1H3,(H,45,48)(H,46,49)(H,50,60)(H,51,61)(H,52,62)(H,53,59)(H,54,58)(H,64,65)/t23-,31+,32+,33+,34+,35+,37+/m1/s1. The van der Waals surface area contributed by atoms with Crippen molar-refractivity contribution in [3.8, 4) is 5.75 Å². The van der Waals surface area contributed by atoms with Gasteiger partial charge in [0.05, 0.1) is 25.3 Å². The lowest BCUT2D eigenvalue weighted by molar-refractivity contribution is -0.144. The quantitative estimate of drug-likeness (QED) is 0.0397. The van der Waals surface area contributed by atoms with E-state index >= 15 is 0 Å². The third-order valence-electron chi connectivity index (χ3n) is 11.0. The number of phenols is 1. The van der Waals surface area contributed by atoms with Crippen LogP contribution in [-0.2, 0) is 59.2 Å². The number of carbonyl (C=O) groups is 7. The molecule has 6 amide bonds. The minimum Gasteiger partial charge on any atom is -0.508 e. The number of aromatic amines is 3. The van der Waals surface area contributed by atoms with Gasteiger partial charge in [-0.2, -0.15) is 0 Å². The van der Waals surface area contributed by atoms with E-state index in [1.54, 1.807) is 12.3 Å². The summed E-state index contributed by atoms with van der Waals surface area (Å²) in [5.41, 5.74) is 8.16. The molecule has 4 heterocycles. The minimum absolute atomic E-state index is 0.0465. The molecule has 65 heavy (non-hydrogen) atoms. The van der Waals surface area contributed by atoms with Crippen LogP contribution in [0.4, 0.5) is 0 Å². The van der Waals surface area contributed by atoms with Crippen molar-refractivity contribution in [3.63, 3.8) is 0 Å². The molecule has 0 radical (unpaired) electrons. The first-order valence-electron chi connectivity index (χ1n) is 20.9. The summed E-state index contributed by atoms with van der Waals surface area (Å²) in [4.78, 5) is 113. The lowest BCUT2D eigenvalue weighted by Crippen LogP contribution is -2.61. The molecule has 344 valence electrons. The van der Waals surface area contributed by atoms with Gasteiger partial charge in [0, 0.05) is 73.1 Å². The highest BCUT2D eigenvalue weighted by molar-refractivity contribution is 5.98.